The molecule has 38 heavy (non-hydrogen) atoms. The van der Waals surface area contributed by atoms with Gasteiger partial charge in [-0.15, -0.1) is 0 Å². The number of rotatable bonds is 6. The van der Waals surface area contributed by atoms with Gasteiger partial charge in [-0.25, -0.2) is 18.0 Å². The summed E-state index contributed by atoms with van der Waals surface area (Å²) in [4.78, 5) is 44.8. The molecular formula is C27H35N3O7S. The van der Waals surface area contributed by atoms with Crippen molar-refractivity contribution in [3.8, 4) is 0 Å². The number of likely N-dealkylation sites (tertiary alicyclic amines) is 1. The minimum atomic E-state index is -4.02. The van der Waals surface area contributed by atoms with Crippen LogP contribution in [0.5, 0.6) is 0 Å². The first-order valence-corrected chi connectivity index (χ1v) is 13.9. The molecule has 2 heterocycles. The Morgan fingerprint density at radius 3 is 2.11 bits per heavy atom. The van der Waals surface area contributed by atoms with Gasteiger partial charge in [0.25, 0.3) is 0 Å². The predicted octanol–water partition coefficient (Wildman–Crippen LogP) is 3.43. The van der Waals surface area contributed by atoms with Gasteiger partial charge in [0, 0.05) is 6.20 Å². The number of carbonyl (C=O) groups excluding carboxylic acids is 3. The zero-order valence-electron chi connectivity index (χ0n) is 22.5. The van der Waals surface area contributed by atoms with Gasteiger partial charge >= 0.3 is 12.1 Å². The van der Waals surface area contributed by atoms with Crippen LogP contribution in [0.4, 0.5) is 4.79 Å². The molecule has 2 amide bonds. The molecule has 1 aromatic carbocycles. The molecule has 0 aliphatic carbocycles. The maximum Gasteiger partial charge on any atom is 0.408 e. The molecule has 0 bridgehead atoms. The van der Waals surface area contributed by atoms with Crippen molar-refractivity contribution < 1.29 is 32.3 Å². The van der Waals surface area contributed by atoms with Crippen molar-refractivity contribution >= 4 is 27.8 Å². The number of benzene rings is 1. The summed E-state index contributed by atoms with van der Waals surface area (Å²) in [6.07, 6.45) is 0.469. The van der Waals surface area contributed by atoms with E-state index in [9.17, 15) is 22.8 Å². The minimum Gasteiger partial charge on any atom is -0.458 e. The van der Waals surface area contributed by atoms with E-state index in [2.05, 4.69) is 10.3 Å². The number of amides is 2. The third-order valence-electron chi connectivity index (χ3n) is 5.65. The van der Waals surface area contributed by atoms with Gasteiger partial charge in [-0.3, -0.25) is 9.78 Å². The molecular weight excluding hydrogens is 510 g/mol. The lowest BCUT2D eigenvalue weighted by Gasteiger charge is -2.32. The van der Waals surface area contributed by atoms with Crippen molar-refractivity contribution in [1.82, 2.24) is 15.2 Å². The van der Waals surface area contributed by atoms with Crippen LogP contribution in [0.2, 0.25) is 0 Å². The number of pyridine rings is 1. The van der Waals surface area contributed by atoms with Crippen LogP contribution in [0.3, 0.4) is 0 Å². The predicted molar refractivity (Wildman–Crippen MR) is 140 cm³/mol. The molecule has 1 saturated heterocycles. The van der Waals surface area contributed by atoms with Crippen molar-refractivity contribution in [3.05, 3.63) is 60.4 Å². The molecule has 3 unspecified atom stereocenters. The van der Waals surface area contributed by atoms with Crippen LogP contribution in [0, 0.1) is 0 Å². The first-order chi connectivity index (χ1) is 17.6. The Hall–Kier alpha value is -3.47. The highest BCUT2D eigenvalue weighted by Gasteiger charge is 2.54. The van der Waals surface area contributed by atoms with Crippen LogP contribution >= 0.6 is 0 Å². The second-order valence-corrected chi connectivity index (χ2v) is 13.2. The van der Waals surface area contributed by atoms with Gasteiger partial charge in [-0.05, 0) is 72.2 Å². The van der Waals surface area contributed by atoms with Crippen molar-refractivity contribution in [1.29, 1.82) is 0 Å². The summed E-state index contributed by atoms with van der Waals surface area (Å²) in [5, 5.41) is 1.21. The molecule has 206 valence electrons. The van der Waals surface area contributed by atoms with Crippen LogP contribution in [0.1, 0.15) is 59.7 Å². The lowest BCUT2D eigenvalue weighted by atomic mass is 10.1. The lowest BCUT2D eigenvalue weighted by molar-refractivity contribution is -0.164. The number of hydrogen-bond acceptors (Lipinski definition) is 8. The van der Waals surface area contributed by atoms with Crippen molar-refractivity contribution in [2.24, 2.45) is 0 Å². The summed E-state index contributed by atoms with van der Waals surface area (Å²) in [7, 11) is -4.02. The largest absolute Gasteiger partial charge is 0.458 e. The summed E-state index contributed by atoms with van der Waals surface area (Å²) in [6, 6.07) is 10.5. The van der Waals surface area contributed by atoms with Crippen LogP contribution in [0.25, 0.3) is 0 Å². The van der Waals surface area contributed by atoms with E-state index in [0.29, 0.717) is 5.69 Å². The number of ether oxygens (including phenoxy) is 2. The molecule has 0 spiro atoms. The Labute approximate surface area is 223 Å². The fourth-order valence-corrected chi connectivity index (χ4v) is 6.19. The quantitative estimate of drug-likeness (QED) is 0.546. The van der Waals surface area contributed by atoms with Gasteiger partial charge in [0.2, 0.25) is 5.91 Å². The molecule has 3 rings (SSSR count). The Bertz CT molecular complexity index is 1250. The normalized spacial score (nSPS) is 20.1. The summed E-state index contributed by atoms with van der Waals surface area (Å²) < 4.78 is 38.5. The molecule has 11 heteroatoms. The summed E-state index contributed by atoms with van der Waals surface area (Å²) in [5.41, 5.74) is -1.36. The van der Waals surface area contributed by atoms with Gasteiger partial charge in [-0.1, -0.05) is 24.3 Å². The smallest absolute Gasteiger partial charge is 0.408 e. The van der Waals surface area contributed by atoms with E-state index in [1.165, 1.54) is 23.2 Å². The fourth-order valence-electron chi connectivity index (χ4n) is 4.26. The fraction of sp³-hybridized carbons (Fsp3) is 0.481. The van der Waals surface area contributed by atoms with Gasteiger partial charge in [0.15, 0.2) is 9.84 Å². The Morgan fingerprint density at radius 1 is 0.947 bits per heavy atom. The lowest BCUT2D eigenvalue weighted by Crippen LogP contribution is -2.49. The average molecular weight is 546 g/mol. The highest BCUT2D eigenvalue weighted by molar-refractivity contribution is 7.92. The molecule has 1 aromatic heterocycles. The third kappa shape index (κ3) is 7.09. The van der Waals surface area contributed by atoms with E-state index in [4.69, 9.17) is 9.47 Å². The maximum absolute atomic E-state index is 13.9. The summed E-state index contributed by atoms with van der Waals surface area (Å²) in [5.74, 6) is -1.41. The van der Waals surface area contributed by atoms with E-state index < -0.39 is 62.9 Å². The second-order valence-electron chi connectivity index (χ2n) is 11.0. The van der Waals surface area contributed by atoms with E-state index in [1.54, 1.807) is 77.9 Å². The number of alkyl carbamates (subject to hydrolysis) is 1. The Balaban J connectivity index is 2.06. The SMILES string of the molecule is CC(C)(C)OC(=O)NCC(=O)N1C(C(=O)OC(C)(C)C)CC(S(=O)(=O)c2ccccc2)C1c1ccccn1. The van der Waals surface area contributed by atoms with Crippen LogP contribution in [-0.4, -0.2) is 65.3 Å². The molecule has 1 aliphatic heterocycles. The van der Waals surface area contributed by atoms with Gasteiger partial charge in [-0.2, -0.15) is 0 Å². The molecule has 1 N–H and O–H groups in total. The second kappa shape index (κ2) is 11.1. The highest BCUT2D eigenvalue weighted by atomic mass is 32.2. The third-order valence-corrected chi connectivity index (χ3v) is 7.83. The molecule has 10 nitrogen and oxygen atoms in total. The molecule has 1 aliphatic rings. The first-order valence-electron chi connectivity index (χ1n) is 12.3. The van der Waals surface area contributed by atoms with Crippen LogP contribution < -0.4 is 5.32 Å². The van der Waals surface area contributed by atoms with Crippen LogP contribution in [0.15, 0.2) is 59.6 Å². The summed E-state index contributed by atoms with van der Waals surface area (Å²) in [6.45, 7) is 9.59. The van der Waals surface area contributed by atoms with Gasteiger partial charge < -0.3 is 19.7 Å². The number of nitrogens with one attached hydrogen (secondary N) is 1. The van der Waals surface area contributed by atoms with E-state index >= 15 is 0 Å². The number of sulfone groups is 1. The maximum atomic E-state index is 13.9. The van der Waals surface area contributed by atoms with Gasteiger partial charge in [0.05, 0.1) is 21.9 Å². The number of esters is 1. The van der Waals surface area contributed by atoms with E-state index in [1.807, 2.05) is 0 Å². The topological polar surface area (TPSA) is 132 Å². The standard InChI is InChI=1S/C27H35N3O7S/c1-26(2,3)36-24(32)20-16-21(38(34,35)18-12-8-7-9-13-18)23(19-14-10-11-15-28-19)30(20)22(31)17-29-25(33)37-27(4,5)6/h7-15,20-21,23H,16-17H2,1-6H3,(H,29,33). The number of aromatic nitrogens is 1. The number of carbonyl (C=O) groups is 3. The Kier molecular flexibility index (Phi) is 8.50. The Morgan fingerprint density at radius 2 is 1.55 bits per heavy atom. The van der Waals surface area contributed by atoms with Crippen molar-refractivity contribution in [2.45, 2.75) is 81.4 Å². The van der Waals surface area contributed by atoms with Gasteiger partial charge in [0.1, 0.15) is 23.8 Å². The number of nitrogens with zero attached hydrogens (tertiary/aromatic N) is 2. The zero-order valence-corrected chi connectivity index (χ0v) is 23.3. The molecule has 2 aromatic rings. The minimum absolute atomic E-state index is 0.0649. The first kappa shape index (κ1) is 29.1. The van der Waals surface area contributed by atoms with E-state index in [-0.39, 0.29) is 11.3 Å². The molecule has 0 saturated carbocycles. The number of hydrogen-bond donors (Lipinski definition) is 1. The highest BCUT2D eigenvalue weighted by Crippen LogP contribution is 2.42. The zero-order chi connectivity index (χ0) is 28.3. The molecule has 0 radical (unpaired) electrons. The van der Waals surface area contributed by atoms with E-state index in [0.717, 1.165) is 0 Å². The summed E-state index contributed by atoms with van der Waals surface area (Å²) >= 11 is 0. The molecule has 1 fully saturated rings. The molecule has 3 atom stereocenters. The van der Waals surface area contributed by atoms with Crippen molar-refractivity contribution in [3.63, 3.8) is 0 Å². The monoisotopic (exact) mass is 545 g/mol. The van der Waals surface area contributed by atoms with Crippen LogP contribution in [-0.2, 0) is 28.9 Å². The average Bonchev–Trinajstić information content (AvgIpc) is 3.23. The van der Waals surface area contributed by atoms with Crippen molar-refractivity contribution in [2.75, 3.05) is 6.54 Å².